The first-order chi connectivity index (χ1) is 13.1. The molecular formula is C20H21N5O2. The smallest absolute Gasteiger partial charge is 0.248 e. The van der Waals surface area contributed by atoms with Gasteiger partial charge in [-0.05, 0) is 23.8 Å². The number of nitrogens with zero attached hydrogens (tertiary/aromatic N) is 3. The molecule has 3 rings (SSSR count). The quantitative estimate of drug-likeness (QED) is 0.658. The molecule has 1 amide bonds. The molecule has 2 aromatic heterocycles. The van der Waals surface area contributed by atoms with Gasteiger partial charge in [-0.1, -0.05) is 12.1 Å². The maximum atomic E-state index is 11.3. The highest BCUT2D eigenvalue weighted by atomic mass is 16.5. The van der Waals surface area contributed by atoms with Crippen LogP contribution < -0.4 is 15.8 Å². The lowest BCUT2D eigenvalue weighted by Crippen LogP contribution is -2.10. The van der Waals surface area contributed by atoms with Gasteiger partial charge in [-0.2, -0.15) is 5.10 Å². The van der Waals surface area contributed by atoms with Gasteiger partial charge in [-0.15, -0.1) is 0 Å². The molecule has 0 saturated carbocycles. The zero-order valence-electron chi connectivity index (χ0n) is 15.4. The van der Waals surface area contributed by atoms with Crippen molar-refractivity contribution in [3.05, 3.63) is 60.1 Å². The first kappa shape index (κ1) is 18.2. The van der Waals surface area contributed by atoms with E-state index in [-0.39, 0.29) is 0 Å². The third-order valence-electron chi connectivity index (χ3n) is 4.18. The fourth-order valence-corrected chi connectivity index (χ4v) is 2.91. The Bertz CT molecular complexity index is 1030. The lowest BCUT2D eigenvalue weighted by atomic mass is 10.0. The monoisotopic (exact) mass is 363 g/mol. The first-order valence-corrected chi connectivity index (χ1v) is 8.34. The minimum atomic E-state index is -0.454. The summed E-state index contributed by atoms with van der Waals surface area (Å²) in [6.07, 6.45) is 7.32. The van der Waals surface area contributed by atoms with Gasteiger partial charge >= 0.3 is 0 Å². The van der Waals surface area contributed by atoms with Crippen LogP contribution in [0.2, 0.25) is 0 Å². The number of hydrogen-bond donors (Lipinski definition) is 2. The molecule has 0 aliphatic heterocycles. The van der Waals surface area contributed by atoms with Crippen LogP contribution in [0.5, 0.6) is 5.75 Å². The van der Waals surface area contributed by atoms with Gasteiger partial charge in [0, 0.05) is 55.0 Å². The highest BCUT2D eigenvalue weighted by Crippen LogP contribution is 2.33. The molecule has 3 N–H and O–H groups in total. The van der Waals surface area contributed by atoms with Crippen LogP contribution in [0.4, 0.5) is 0 Å². The summed E-state index contributed by atoms with van der Waals surface area (Å²) in [5.74, 6) is 0.232. The molecule has 0 atom stereocenters. The van der Waals surface area contributed by atoms with Crippen LogP contribution in [0.3, 0.4) is 0 Å². The summed E-state index contributed by atoms with van der Waals surface area (Å²) in [7, 11) is 5.18. The highest BCUT2D eigenvalue weighted by molar-refractivity contribution is 6.10. The Morgan fingerprint density at radius 3 is 2.63 bits per heavy atom. The molecule has 7 nitrogen and oxygen atoms in total. The minimum absolute atomic E-state index is 0.454. The number of nitrogens with one attached hydrogen (secondary N) is 1. The van der Waals surface area contributed by atoms with Gasteiger partial charge in [0.25, 0.3) is 0 Å². The Hall–Kier alpha value is -3.61. The molecule has 0 spiro atoms. The molecule has 2 heterocycles. The largest absolute Gasteiger partial charge is 0.494 e. The molecule has 3 aromatic rings. The van der Waals surface area contributed by atoms with E-state index in [1.54, 1.807) is 43.2 Å². The van der Waals surface area contributed by atoms with E-state index >= 15 is 0 Å². The maximum Gasteiger partial charge on any atom is 0.248 e. The van der Waals surface area contributed by atoms with Gasteiger partial charge in [0.05, 0.1) is 13.3 Å². The molecule has 27 heavy (non-hydrogen) atoms. The number of aliphatic imine (C=N–C) groups is 1. The SMILES string of the molecule is C/N=C\C(=C/NC)c1cc(OC)c2c(-c3ccc(C(N)=O)cc3)cnn2c1. The number of allylic oxidation sites excluding steroid dienone is 1. The second-order valence-corrected chi connectivity index (χ2v) is 5.87. The molecule has 0 bridgehead atoms. The summed E-state index contributed by atoms with van der Waals surface area (Å²) in [5.41, 5.74) is 10.3. The lowest BCUT2D eigenvalue weighted by Gasteiger charge is -2.10. The predicted octanol–water partition coefficient (Wildman–Crippen LogP) is 2.37. The lowest BCUT2D eigenvalue weighted by molar-refractivity contribution is 0.100. The number of carbonyl (C=O) groups is 1. The molecule has 0 aliphatic carbocycles. The average molecular weight is 363 g/mol. The number of hydrogen-bond acceptors (Lipinski definition) is 5. The number of ether oxygens (including phenoxy) is 1. The van der Waals surface area contributed by atoms with Crippen LogP contribution in [0.1, 0.15) is 15.9 Å². The number of carbonyl (C=O) groups excluding carboxylic acids is 1. The van der Waals surface area contributed by atoms with Crippen LogP contribution in [-0.2, 0) is 0 Å². The van der Waals surface area contributed by atoms with Crippen LogP contribution in [0.25, 0.3) is 22.2 Å². The van der Waals surface area contributed by atoms with Crippen LogP contribution in [-0.4, -0.2) is 42.9 Å². The third-order valence-corrected chi connectivity index (χ3v) is 4.18. The van der Waals surface area contributed by atoms with Crippen LogP contribution in [0, 0.1) is 0 Å². The summed E-state index contributed by atoms with van der Waals surface area (Å²) in [5, 5.41) is 7.50. The van der Waals surface area contributed by atoms with Crippen molar-refractivity contribution in [3.8, 4) is 16.9 Å². The standard InChI is InChI=1S/C20H21N5O2/c1-22-9-16(10-23-2)15-8-18(27-3)19-17(11-24-25(19)12-15)13-4-6-14(7-5-13)20(21)26/h4-12,22H,1-3H3,(H2,21,26)/b16-9+,23-10-. The number of methoxy groups -OCH3 is 1. The zero-order chi connectivity index (χ0) is 19.4. The van der Waals surface area contributed by atoms with Crippen molar-refractivity contribution in [3.63, 3.8) is 0 Å². The number of fused-ring (bicyclic) bond motifs is 1. The third kappa shape index (κ3) is 3.52. The molecular weight excluding hydrogens is 342 g/mol. The number of rotatable bonds is 6. The molecule has 1 aromatic carbocycles. The van der Waals surface area contributed by atoms with Crippen molar-refractivity contribution in [1.29, 1.82) is 0 Å². The number of benzene rings is 1. The Morgan fingerprint density at radius 2 is 2.04 bits per heavy atom. The maximum absolute atomic E-state index is 11.3. The summed E-state index contributed by atoms with van der Waals surface area (Å²) >= 11 is 0. The first-order valence-electron chi connectivity index (χ1n) is 8.34. The summed E-state index contributed by atoms with van der Waals surface area (Å²) in [6, 6.07) is 9.05. The van der Waals surface area contributed by atoms with E-state index in [9.17, 15) is 4.79 Å². The second-order valence-electron chi connectivity index (χ2n) is 5.87. The van der Waals surface area contributed by atoms with Gasteiger partial charge in [0.1, 0.15) is 11.3 Å². The molecule has 0 unspecified atom stereocenters. The Balaban J connectivity index is 2.15. The highest BCUT2D eigenvalue weighted by Gasteiger charge is 2.15. The van der Waals surface area contributed by atoms with E-state index < -0.39 is 5.91 Å². The Labute approximate surface area is 157 Å². The molecule has 0 radical (unpaired) electrons. The van der Waals surface area contributed by atoms with E-state index in [2.05, 4.69) is 15.4 Å². The summed E-state index contributed by atoms with van der Waals surface area (Å²) in [4.78, 5) is 15.4. The number of nitrogens with two attached hydrogens (primary N) is 1. The van der Waals surface area contributed by atoms with E-state index in [0.717, 1.165) is 27.8 Å². The predicted molar refractivity (Wildman–Crippen MR) is 107 cm³/mol. The fraction of sp³-hybridized carbons (Fsp3) is 0.150. The fourth-order valence-electron chi connectivity index (χ4n) is 2.91. The molecule has 138 valence electrons. The summed E-state index contributed by atoms with van der Waals surface area (Å²) in [6.45, 7) is 0. The van der Waals surface area contributed by atoms with E-state index in [1.807, 2.05) is 37.6 Å². The molecule has 0 saturated heterocycles. The molecule has 0 aliphatic rings. The van der Waals surface area contributed by atoms with Crippen molar-refractivity contribution in [2.75, 3.05) is 21.2 Å². The van der Waals surface area contributed by atoms with Crippen LogP contribution >= 0.6 is 0 Å². The van der Waals surface area contributed by atoms with Crippen molar-refractivity contribution < 1.29 is 9.53 Å². The average Bonchev–Trinajstić information content (AvgIpc) is 3.11. The van der Waals surface area contributed by atoms with Gasteiger partial charge in [-0.25, -0.2) is 4.52 Å². The summed E-state index contributed by atoms with van der Waals surface area (Å²) < 4.78 is 7.41. The Kier molecular flexibility index (Phi) is 5.21. The van der Waals surface area contributed by atoms with Crippen molar-refractivity contribution >= 4 is 23.2 Å². The second kappa shape index (κ2) is 7.74. The van der Waals surface area contributed by atoms with Gasteiger partial charge in [-0.3, -0.25) is 9.79 Å². The van der Waals surface area contributed by atoms with E-state index in [1.165, 1.54) is 0 Å². The number of pyridine rings is 1. The van der Waals surface area contributed by atoms with E-state index in [0.29, 0.717) is 11.3 Å². The zero-order valence-corrected chi connectivity index (χ0v) is 15.4. The topological polar surface area (TPSA) is 94.0 Å². The van der Waals surface area contributed by atoms with Gasteiger partial charge in [0.15, 0.2) is 0 Å². The number of amides is 1. The van der Waals surface area contributed by atoms with Crippen LogP contribution in [0.15, 0.2) is 53.9 Å². The molecule has 7 heteroatoms. The molecule has 0 fully saturated rings. The van der Waals surface area contributed by atoms with E-state index in [4.69, 9.17) is 10.5 Å². The van der Waals surface area contributed by atoms with Crippen molar-refractivity contribution in [2.45, 2.75) is 0 Å². The van der Waals surface area contributed by atoms with Gasteiger partial charge < -0.3 is 15.8 Å². The van der Waals surface area contributed by atoms with Crippen molar-refractivity contribution in [2.24, 2.45) is 10.7 Å². The number of primary amides is 1. The normalized spacial score (nSPS) is 11.9. The van der Waals surface area contributed by atoms with Gasteiger partial charge in [0.2, 0.25) is 5.91 Å². The number of aromatic nitrogens is 2. The van der Waals surface area contributed by atoms with Crippen molar-refractivity contribution in [1.82, 2.24) is 14.9 Å². The minimum Gasteiger partial charge on any atom is -0.494 e. The Morgan fingerprint density at radius 1 is 1.30 bits per heavy atom.